The zero-order chi connectivity index (χ0) is 14.1. The average molecular weight is 271 g/mol. The summed E-state index contributed by atoms with van der Waals surface area (Å²) in [5.74, 6) is 0.921. The highest BCUT2D eigenvalue weighted by Crippen LogP contribution is 2.26. The minimum atomic E-state index is 0.461. The normalized spacial score (nSPS) is 18.8. The van der Waals surface area contributed by atoms with E-state index in [1.807, 2.05) is 13.8 Å². The van der Waals surface area contributed by atoms with Crippen LogP contribution in [0.1, 0.15) is 29.5 Å². The smallest absolute Gasteiger partial charge is 0.138 e. The predicted octanol–water partition coefficient (Wildman–Crippen LogP) is 2.79. The summed E-state index contributed by atoms with van der Waals surface area (Å²) < 4.78 is 5.29. The molecule has 1 aromatic heterocycles. The number of aryl methyl sites for hydroxylation is 2. The molecule has 0 spiro atoms. The molecule has 20 heavy (non-hydrogen) atoms. The summed E-state index contributed by atoms with van der Waals surface area (Å²) in [6.07, 6.45) is 0. The molecule has 1 atom stereocenters. The van der Waals surface area contributed by atoms with Crippen molar-refractivity contribution in [1.29, 1.82) is 0 Å². The fourth-order valence-corrected chi connectivity index (χ4v) is 2.81. The van der Waals surface area contributed by atoms with E-state index in [1.165, 1.54) is 16.8 Å². The van der Waals surface area contributed by atoms with Crippen LogP contribution in [-0.2, 0) is 13.1 Å². The molecule has 0 radical (unpaired) electrons. The molecule has 2 heterocycles. The maximum absolute atomic E-state index is 5.29. The lowest BCUT2D eigenvalue weighted by Crippen LogP contribution is -2.35. The molecule has 1 N–H and O–H groups in total. The van der Waals surface area contributed by atoms with Crippen molar-refractivity contribution in [3.8, 4) is 0 Å². The summed E-state index contributed by atoms with van der Waals surface area (Å²) in [5.41, 5.74) is 4.85. The number of benzene rings is 1. The molecule has 0 fully saturated rings. The van der Waals surface area contributed by atoms with Gasteiger partial charge in [0.05, 0.1) is 5.69 Å². The van der Waals surface area contributed by atoms with E-state index in [2.05, 4.69) is 46.6 Å². The summed E-state index contributed by atoms with van der Waals surface area (Å²) in [5, 5.41) is 7.62. The monoisotopic (exact) mass is 271 g/mol. The molecule has 4 heteroatoms. The second-order valence-electron chi connectivity index (χ2n) is 5.59. The van der Waals surface area contributed by atoms with Gasteiger partial charge in [0.25, 0.3) is 0 Å². The maximum atomic E-state index is 5.29. The third kappa shape index (κ3) is 2.43. The molecule has 0 aliphatic carbocycles. The molecule has 0 saturated heterocycles. The Bertz CT molecular complexity index is 586. The van der Waals surface area contributed by atoms with Crippen LogP contribution in [0, 0.1) is 13.8 Å². The molecule has 1 unspecified atom stereocenters. The first-order valence-electron chi connectivity index (χ1n) is 7.13. The highest BCUT2D eigenvalue weighted by Gasteiger charge is 2.21. The van der Waals surface area contributed by atoms with E-state index in [0.717, 1.165) is 31.1 Å². The Balaban J connectivity index is 1.95. The number of nitrogens with zero attached hydrogens (tertiary/aromatic N) is 2. The number of hydrogen-bond acceptors (Lipinski definition) is 4. The van der Waals surface area contributed by atoms with Crippen LogP contribution in [0.5, 0.6) is 0 Å². The molecule has 4 nitrogen and oxygen atoms in total. The fourth-order valence-electron chi connectivity index (χ4n) is 2.81. The van der Waals surface area contributed by atoms with Crippen LogP contribution in [0.2, 0.25) is 0 Å². The number of para-hydroxylation sites is 1. The van der Waals surface area contributed by atoms with Crippen LogP contribution in [-0.4, -0.2) is 17.7 Å². The Hall–Kier alpha value is -1.81. The minimum Gasteiger partial charge on any atom is -0.365 e. The second kappa shape index (κ2) is 5.29. The van der Waals surface area contributed by atoms with Crippen molar-refractivity contribution in [1.82, 2.24) is 10.5 Å². The number of rotatable bonds is 2. The SMILES string of the molecule is Cc1noc(C)c1CN1CC(C)NCc2ccccc21. The van der Waals surface area contributed by atoms with Crippen LogP contribution in [0.15, 0.2) is 28.8 Å². The summed E-state index contributed by atoms with van der Waals surface area (Å²) in [7, 11) is 0. The van der Waals surface area contributed by atoms with E-state index < -0.39 is 0 Å². The van der Waals surface area contributed by atoms with E-state index >= 15 is 0 Å². The first-order chi connectivity index (χ1) is 9.65. The van der Waals surface area contributed by atoms with Gasteiger partial charge in [-0.1, -0.05) is 23.4 Å². The molecule has 106 valence electrons. The third-order valence-corrected chi connectivity index (χ3v) is 4.00. The van der Waals surface area contributed by atoms with Gasteiger partial charge in [-0.15, -0.1) is 0 Å². The van der Waals surface area contributed by atoms with Crippen LogP contribution < -0.4 is 10.2 Å². The van der Waals surface area contributed by atoms with E-state index in [-0.39, 0.29) is 0 Å². The van der Waals surface area contributed by atoms with E-state index in [9.17, 15) is 0 Å². The Labute approximate surface area is 119 Å². The lowest BCUT2D eigenvalue weighted by Gasteiger charge is -2.26. The number of hydrogen-bond donors (Lipinski definition) is 1. The summed E-state index contributed by atoms with van der Waals surface area (Å²) in [6, 6.07) is 9.07. The van der Waals surface area contributed by atoms with Crippen molar-refractivity contribution < 1.29 is 4.52 Å². The van der Waals surface area contributed by atoms with Crippen molar-refractivity contribution in [2.24, 2.45) is 0 Å². The van der Waals surface area contributed by atoms with Crippen LogP contribution in [0.4, 0.5) is 5.69 Å². The molecular weight excluding hydrogens is 250 g/mol. The Morgan fingerprint density at radius 1 is 1.35 bits per heavy atom. The number of aromatic nitrogens is 1. The summed E-state index contributed by atoms with van der Waals surface area (Å²) in [6.45, 7) is 8.99. The van der Waals surface area contributed by atoms with Gasteiger partial charge in [0, 0.05) is 36.9 Å². The zero-order valence-corrected chi connectivity index (χ0v) is 12.3. The topological polar surface area (TPSA) is 41.3 Å². The first-order valence-corrected chi connectivity index (χ1v) is 7.13. The summed E-state index contributed by atoms with van der Waals surface area (Å²) >= 11 is 0. The van der Waals surface area contributed by atoms with Gasteiger partial charge >= 0.3 is 0 Å². The number of anilines is 1. The van der Waals surface area contributed by atoms with E-state index in [1.54, 1.807) is 0 Å². The molecule has 0 bridgehead atoms. The molecular formula is C16H21N3O. The second-order valence-corrected chi connectivity index (χ2v) is 5.59. The standard InChI is InChI=1S/C16H21N3O/c1-11-9-19(10-15-12(2)18-20-13(15)3)16-7-5-4-6-14(16)8-17-11/h4-7,11,17H,8-10H2,1-3H3. The summed E-state index contributed by atoms with van der Waals surface area (Å²) in [4.78, 5) is 2.42. The highest BCUT2D eigenvalue weighted by atomic mass is 16.5. The number of fused-ring (bicyclic) bond motifs is 1. The predicted molar refractivity (Wildman–Crippen MR) is 79.8 cm³/mol. The third-order valence-electron chi connectivity index (χ3n) is 4.00. The van der Waals surface area contributed by atoms with Gasteiger partial charge in [0.2, 0.25) is 0 Å². The van der Waals surface area contributed by atoms with Crippen molar-refractivity contribution in [3.63, 3.8) is 0 Å². The van der Waals surface area contributed by atoms with Gasteiger partial charge in [-0.2, -0.15) is 0 Å². The Morgan fingerprint density at radius 3 is 2.90 bits per heavy atom. The lowest BCUT2D eigenvalue weighted by atomic mass is 10.1. The minimum absolute atomic E-state index is 0.461. The zero-order valence-electron chi connectivity index (χ0n) is 12.3. The van der Waals surface area contributed by atoms with Gasteiger partial charge < -0.3 is 14.7 Å². The quantitative estimate of drug-likeness (QED) is 0.912. The van der Waals surface area contributed by atoms with Crippen LogP contribution in [0.3, 0.4) is 0 Å². The van der Waals surface area contributed by atoms with Gasteiger partial charge in [-0.05, 0) is 32.4 Å². The lowest BCUT2D eigenvalue weighted by molar-refractivity contribution is 0.392. The van der Waals surface area contributed by atoms with Gasteiger partial charge in [0.1, 0.15) is 5.76 Å². The average Bonchev–Trinajstić information content (AvgIpc) is 2.67. The van der Waals surface area contributed by atoms with Gasteiger partial charge in [0.15, 0.2) is 0 Å². The molecule has 1 aliphatic heterocycles. The molecule has 0 saturated carbocycles. The molecule has 0 amide bonds. The maximum Gasteiger partial charge on any atom is 0.138 e. The fraction of sp³-hybridized carbons (Fsp3) is 0.438. The first kappa shape index (κ1) is 13.2. The van der Waals surface area contributed by atoms with Crippen molar-refractivity contribution in [2.75, 3.05) is 11.4 Å². The molecule has 3 rings (SSSR count). The van der Waals surface area contributed by atoms with Crippen molar-refractivity contribution >= 4 is 5.69 Å². The molecule has 2 aromatic rings. The largest absolute Gasteiger partial charge is 0.365 e. The van der Waals surface area contributed by atoms with Gasteiger partial charge in [-0.25, -0.2) is 0 Å². The Morgan fingerprint density at radius 2 is 2.15 bits per heavy atom. The van der Waals surface area contributed by atoms with Crippen LogP contribution >= 0.6 is 0 Å². The molecule has 1 aliphatic rings. The van der Waals surface area contributed by atoms with E-state index in [0.29, 0.717) is 6.04 Å². The van der Waals surface area contributed by atoms with Crippen LogP contribution in [0.25, 0.3) is 0 Å². The molecule has 1 aromatic carbocycles. The van der Waals surface area contributed by atoms with Gasteiger partial charge in [-0.3, -0.25) is 0 Å². The highest BCUT2D eigenvalue weighted by molar-refractivity contribution is 5.55. The number of nitrogens with one attached hydrogen (secondary N) is 1. The van der Waals surface area contributed by atoms with Crippen molar-refractivity contribution in [2.45, 2.75) is 39.9 Å². The van der Waals surface area contributed by atoms with E-state index in [4.69, 9.17) is 4.52 Å². The Kier molecular flexibility index (Phi) is 3.49. The van der Waals surface area contributed by atoms with Crippen molar-refractivity contribution in [3.05, 3.63) is 46.8 Å².